The molecule has 5 nitrogen and oxygen atoms in total. The summed E-state index contributed by atoms with van der Waals surface area (Å²) in [5.74, 6) is -0.0714. The van der Waals surface area contributed by atoms with Crippen LogP contribution in [0.4, 0.5) is 0 Å². The first kappa shape index (κ1) is 16.3. The second-order valence-electron chi connectivity index (χ2n) is 5.58. The van der Waals surface area contributed by atoms with Gasteiger partial charge in [-0.3, -0.25) is 4.99 Å². The summed E-state index contributed by atoms with van der Waals surface area (Å²) in [6, 6.07) is 5.82. The summed E-state index contributed by atoms with van der Waals surface area (Å²) in [7, 11) is 1.54. The van der Waals surface area contributed by atoms with Gasteiger partial charge in [0.1, 0.15) is 0 Å². The van der Waals surface area contributed by atoms with Crippen LogP contribution >= 0.6 is 0 Å². The molecule has 0 amide bonds. The Labute approximate surface area is 131 Å². The molecule has 22 heavy (non-hydrogen) atoms. The highest BCUT2D eigenvalue weighted by Gasteiger charge is 2.15. The van der Waals surface area contributed by atoms with E-state index in [9.17, 15) is 4.79 Å². The molecule has 0 bridgehead atoms. The Morgan fingerprint density at radius 2 is 2.05 bits per heavy atom. The molecule has 1 fully saturated rings. The summed E-state index contributed by atoms with van der Waals surface area (Å²) in [5, 5.41) is 8.90. The third-order valence-corrected chi connectivity index (χ3v) is 3.85. The summed E-state index contributed by atoms with van der Waals surface area (Å²) in [4.78, 5) is 15.5. The fourth-order valence-corrected chi connectivity index (χ4v) is 2.52. The Balaban J connectivity index is 2.07. The molecule has 0 radical (unpaired) electrons. The zero-order valence-corrected chi connectivity index (χ0v) is 13.1. The molecule has 0 aromatic heterocycles. The zero-order chi connectivity index (χ0) is 15.9. The maximum Gasteiger partial charge on any atom is 0.344 e. The van der Waals surface area contributed by atoms with Crippen LogP contribution in [0, 0.1) is 0 Å². The molecule has 0 heterocycles. The first-order valence-electron chi connectivity index (χ1n) is 7.71. The first-order chi connectivity index (χ1) is 10.6. The van der Waals surface area contributed by atoms with Crippen LogP contribution in [0.2, 0.25) is 0 Å². The number of rotatable bonds is 6. The highest BCUT2D eigenvalue weighted by atomic mass is 16.5. The number of hydrogen-bond donors (Lipinski definition) is 1. The van der Waals surface area contributed by atoms with E-state index >= 15 is 0 Å². The largest absolute Gasteiger partial charge is 0.493 e. The number of aliphatic carboxylic acids is 1. The van der Waals surface area contributed by atoms with E-state index in [1.807, 2.05) is 18.3 Å². The van der Waals surface area contributed by atoms with Gasteiger partial charge in [-0.05, 0) is 43.5 Å². The average molecular weight is 305 g/mol. The fraction of sp³-hybridized carbons (Fsp3) is 0.529. The molecular weight excluding hydrogens is 282 g/mol. The minimum atomic E-state index is -1.01. The van der Waals surface area contributed by atoms with Crippen LogP contribution in [0.5, 0.6) is 11.5 Å². The fourth-order valence-electron chi connectivity index (χ4n) is 2.52. The number of benzene rings is 1. The number of carboxylic acids is 1. The van der Waals surface area contributed by atoms with Crippen LogP contribution in [0.1, 0.15) is 44.6 Å². The molecule has 1 aromatic carbocycles. The lowest BCUT2D eigenvalue weighted by Crippen LogP contribution is -2.23. The molecule has 5 heteroatoms. The van der Waals surface area contributed by atoms with Gasteiger partial charge < -0.3 is 14.6 Å². The van der Waals surface area contributed by atoms with Crippen molar-refractivity contribution in [2.24, 2.45) is 4.99 Å². The van der Waals surface area contributed by atoms with Gasteiger partial charge in [0.15, 0.2) is 17.6 Å². The van der Waals surface area contributed by atoms with E-state index < -0.39 is 12.1 Å². The van der Waals surface area contributed by atoms with Crippen LogP contribution in [0.15, 0.2) is 23.2 Å². The van der Waals surface area contributed by atoms with Gasteiger partial charge in [0.05, 0.1) is 7.11 Å². The van der Waals surface area contributed by atoms with Crippen LogP contribution in [-0.2, 0) is 4.79 Å². The van der Waals surface area contributed by atoms with Crippen molar-refractivity contribution >= 4 is 12.2 Å². The molecule has 1 aliphatic carbocycles. The minimum absolute atomic E-state index is 0.419. The van der Waals surface area contributed by atoms with Crippen LogP contribution in [0.3, 0.4) is 0 Å². The Hall–Kier alpha value is -2.04. The van der Waals surface area contributed by atoms with Gasteiger partial charge in [-0.15, -0.1) is 0 Å². The smallest absolute Gasteiger partial charge is 0.344 e. The number of hydrogen-bond acceptors (Lipinski definition) is 4. The Bertz CT molecular complexity index is 535. The number of ether oxygens (including phenoxy) is 2. The normalized spacial score (nSPS) is 17.4. The SMILES string of the molecule is COc1cc(C=NC2CCCCC2)ccc1O[C@H](C)C(=O)O. The maximum absolute atomic E-state index is 10.9. The number of methoxy groups -OCH3 is 1. The highest BCUT2D eigenvalue weighted by Crippen LogP contribution is 2.29. The van der Waals surface area contributed by atoms with Crippen LogP contribution < -0.4 is 9.47 Å². The van der Waals surface area contributed by atoms with Gasteiger partial charge >= 0.3 is 5.97 Å². The van der Waals surface area contributed by atoms with Crippen molar-refractivity contribution in [3.8, 4) is 11.5 Å². The third kappa shape index (κ3) is 4.48. The standard InChI is InChI=1S/C17H23NO4/c1-12(17(19)20)22-15-9-8-13(10-16(15)21-2)11-18-14-6-4-3-5-7-14/h8-12,14H,3-7H2,1-2H3,(H,19,20)/t12-/m1/s1. The van der Waals surface area contributed by atoms with Crippen molar-refractivity contribution in [1.82, 2.24) is 0 Å². The monoisotopic (exact) mass is 305 g/mol. The van der Waals surface area contributed by atoms with Crippen molar-refractivity contribution in [2.45, 2.75) is 51.2 Å². The lowest BCUT2D eigenvalue weighted by Gasteiger charge is -2.17. The second-order valence-corrected chi connectivity index (χ2v) is 5.58. The molecule has 2 rings (SSSR count). The minimum Gasteiger partial charge on any atom is -0.493 e. The van der Waals surface area contributed by atoms with Gasteiger partial charge in [-0.2, -0.15) is 0 Å². The number of aliphatic imine (C=N–C) groups is 1. The lowest BCUT2D eigenvalue weighted by molar-refractivity contribution is -0.144. The van der Waals surface area contributed by atoms with E-state index in [2.05, 4.69) is 4.99 Å². The molecule has 1 aliphatic rings. The summed E-state index contributed by atoms with van der Waals surface area (Å²) in [5.41, 5.74) is 0.928. The van der Waals surface area contributed by atoms with Crippen molar-refractivity contribution in [2.75, 3.05) is 7.11 Å². The molecule has 0 aliphatic heterocycles. The van der Waals surface area contributed by atoms with E-state index in [1.54, 1.807) is 6.07 Å². The molecule has 1 atom stereocenters. The predicted molar refractivity (Wildman–Crippen MR) is 85.2 cm³/mol. The van der Waals surface area contributed by atoms with Crippen LogP contribution in [-0.4, -0.2) is 36.5 Å². The molecule has 1 aromatic rings. The molecular formula is C17H23NO4. The molecule has 0 saturated heterocycles. The zero-order valence-electron chi connectivity index (χ0n) is 13.1. The molecule has 1 saturated carbocycles. The Morgan fingerprint density at radius 1 is 1.32 bits per heavy atom. The van der Waals surface area contributed by atoms with Gasteiger partial charge in [-0.25, -0.2) is 4.79 Å². The van der Waals surface area contributed by atoms with E-state index in [4.69, 9.17) is 14.6 Å². The van der Waals surface area contributed by atoms with Gasteiger partial charge in [0, 0.05) is 12.3 Å². The lowest BCUT2D eigenvalue weighted by atomic mass is 9.96. The van der Waals surface area contributed by atoms with Crippen molar-refractivity contribution in [1.29, 1.82) is 0 Å². The van der Waals surface area contributed by atoms with E-state index in [1.165, 1.54) is 33.3 Å². The summed E-state index contributed by atoms with van der Waals surface area (Å²) >= 11 is 0. The number of nitrogens with zero attached hydrogens (tertiary/aromatic N) is 1. The van der Waals surface area contributed by atoms with Gasteiger partial charge in [0.25, 0.3) is 0 Å². The highest BCUT2D eigenvalue weighted by molar-refractivity contribution is 5.81. The third-order valence-electron chi connectivity index (χ3n) is 3.85. The van der Waals surface area contributed by atoms with Crippen molar-refractivity contribution in [3.05, 3.63) is 23.8 Å². The van der Waals surface area contributed by atoms with E-state index in [0.29, 0.717) is 17.5 Å². The van der Waals surface area contributed by atoms with Gasteiger partial charge in [0.2, 0.25) is 0 Å². The van der Waals surface area contributed by atoms with Crippen molar-refractivity contribution < 1.29 is 19.4 Å². The quantitative estimate of drug-likeness (QED) is 0.819. The van der Waals surface area contributed by atoms with Crippen molar-refractivity contribution in [3.63, 3.8) is 0 Å². The molecule has 0 unspecified atom stereocenters. The van der Waals surface area contributed by atoms with Crippen LogP contribution in [0.25, 0.3) is 0 Å². The van der Waals surface area contributed by atoms with E-state index in [-0.39, 0.29) is 0 Å². The van der Waals surface area contributed by atoms with E-state index in [0.717, 1.165) is 18.4 Å². The Kier molecular flexibility index (Phi) is 5.81. The summed E-state index contributed by atoms with van der Waals surface area (Å²) in [6.45, 7) is 1.49. The number of carboxylic acid groups (broad SMARTS) is 1. The first-order valence-corrected chi connectivity index (χ1v) is 7.71. The Morgan fingerprint density at radius 3 is 2.68 bits per heavy atom. The topological polar surface area (TPSA) is 68.1 Å². The summed E-state index contributed by atoms with van der Waals surface area (Å²) in [6.07, 6.45) is 7.08. The molecule has 120 valence electrons. The average Bonchev–Trinajstić information content (AvgIpc) is 2.54. The molecule has 1 N–H and O–H groups in total. The number of carbonyl (C=O) groups is 1. The predicted octanol–water partition coefficient (Wildman–Crippen LogP) is 3.30. The summed E-state index contributed by atoms with van der Waals surface area (Å²) < 4.78 is 10.7. The molecule has 0 spiro atoms. The second kappa shape index (κ2) is 7.82. The van der Waals surface area contributed by atoms with Gasteiger partial charge in [-0.1, -0.05) is 19.3 Å². The maximum atomic E-state index is 10.9.